The summed E-state index contributed by atoms with van der Waals surface area (Å²) in [7, 11) is 0. The first kappa shape index (κ1) is 14.6. The van der Waals surface area contributed by atoms with Crippen LogP contribution in [0.15, 0.2) is 48.5 Å². The van der Waals surface area contributed by atoms with Gasteiger partial charge in [0.15, 0.2) is 0 Å². The van der Waals surface area contributed by atoms with Gasteiger partial charge in [-0.2, -0.15) is 0 Å². The fourth-order valence-corrected chi connectivity index (χ4v) is 3.48. The van der Waals surface area contributed by atoms with Crippen LogP contribution in [0.25, 0.3) is 0 Å². The minimum Gasteiger partial charge on any atom is -0.310 e. The molecule has 1 N–H and O–H groups in total. The van der Waals surface area contributed by atoms with E-state index in [1.54, 1.807) is 0 Å². The van der Waals surface area contributed by atoms with Crippen LogP contribution < -0.4 is 5.32 Å². The van der Waals surface area contributed by atoms with Gasteiger partial charge in [0.05, 0.1) is 0 Å². The van der Waals surface area contributed by atoms with Crippen LogP contribution in [0.5, 0.6) is 0 Å². The van der Waals surface area contributed by atoms with E-state index in [1.165, 1.54) is 36.0 Å². The van der Waals surface area contributed by atoms with E-state index in [2.05, 4.69) is 42.6 Å². The molecule has 0 fully saturated rings. The predicted octanol–water partition coefficient (Wildman–Crippen LogP) is 5.11. The molecule has 0 bridgehead atoms. The zero-order chi connectivity index (χ0) is 14.7. The fourth-order valence-electron chi connectivity index (χ4n) is 3.28. The van der Waals surface area contributed by atoms with Gasteiger partial charge in [-0.15, -0.1) is 0 Å². The number of fused-ring (bicyclic) bond motifs is 1. The van der Waals surface area contributed by atoms with Gasteiger partial charge in [-0.3, -0.25) is 0 Å². The summed E-state index contributed by atoms with van der Waals surface area (Å²) in [6.07, 6.45) is 3.82. The smallest absolute Gasteiger partial charge is 0.0409 e. The van der Waals surface area contributed by atoms with Crippen molar-refractivity contribution in [3.8, 4) is 0 Å². The topological polar surface area (TPSA) is 12.0 Å². The van der Waals surface area contributed by atoms with Crippen molar-refractivity contribution in [2.45, 2.75) is 38.1 Å². The third kappa shape index (κ3) is 3.48. The van der Waals surface area contributed by atoms with Crippen LogP contribution in [0, 0.1) is 0 Å². The lowest BCUT2D eigenvalue weighted by atomic mass is 9.82. The number of hydrogen-bond donors (Lipinski definition) is 1. The molecule has 0 spiro atoms. The monoisotopic (exact) mass is 299 g/mol. The van der Waals surface area contributed by atoms with Gasteiger partial charge in [-0.05, 0) is 60.9 Å². The average molecular weight is 300 g/mol. The lowest BCUT2D eigenvalue weighted by Crippen LogP contribution is -2.26. The Bertz CT molecular complexity index is 608. The SMILES string of the molecule is CC(NCC1CCCc2ccccc21)c1cccc(Cl)c1. The molecule has 1 aliphatic rings. The maximum atomic E-state index is 6.08. The van der Waals surface area contributed by atoms with E-state index in [4.69, 9.17) is 11.6 Å². The summed E-state index contributed by atoms with van der Waals surface area (Å²) < 4.78 is 0. The fraction of sp³-hybridized carbons (Fsp3) is 0.368. The number of rotatable bonds is 4. The second-order valence-electron chi connectivity index (χ2n) is 5.97. The van der Waals surface area contributed by atoms with Crippen LogP contribution in [0.2, 0.25) is 5.02 Å². The molecule has 2 unspecified atom stereocenters. The van der Waals surface area contributed by atoms with E-state index in [0.29, 0.717) is 12.0 Å². The molecular formula is C19H22ClN. The van der Waals surface area contributed by atoms with Crippen LogP contribution in [0.3, 0.4) is 0 Å². The Kier molecular flexibility index (Phi) is 4.62. The standard InChI is InChI=1S/C19H22ClN/c1-14(16-8-5-10-18(20)12-16)21-13-17-9-4-7-15-6-2-3-11-19(15)17/h2-3,5-6,8,10-12,14,17,21H,4,7,9,13H2,1H3. The first-order valence-electron chi connectivity index (χ1n) is 7.80. The zero-order valence-electron chi connectivity index (χ0n) is 12.5. The highest BCUT2D eigenvalue weighted by atomic mass is 35.5. The van der Waals surface area contributed by atoms with Crippen LogP contribution >= 0.6 is 11.6 Å². The number of nitrogens with one attached hydrogen (secondary N) is 1. The highest BCUT2D eigenvalue weighted by Crippen LogP contribution is 2.31. The lowest BCUT2D eigenvalue weighted by Gasteiger charge is -2.27. The maximum Gasteiger partial charge on any atom is 0.0409 e. The molecule has 0 aromatic heterocycles. The molecule has 1 nitrogen and oxygen atoms in total. The molecule has 0 saturated heterocycles. The van der Waals surface area contributed by atoms with Crippen molar-refractivity contribution in [1.29, 1.82) is 0 Å². The first-order valence-corrected chi connectivity index (χ1v) is 8.18. The van der Waals surface area contributed by atoms with Crippen molar-refractivity contribution >= 4 is 11.6 Å². The van der Waals surface area contributed by atoms with Crippen molar-refractivity contribution in [3.63, 3.8) is 0 Å². The van der Waals surface area contributed by atoms with E-state index in [-0.39, 0.29) is 0 Å². The largest absolute Gasteiger partial charge is 0.310 e. The summed E-state index contributed by atoms with van der Waals surface area (Å²) in [4.78, 5) is 0. The minimum absolute atomic E-state index is 0.331. The maximum absolute atomic E-state index is 6.08. The second-order valence-corrected chi connectivity index (χ2v) is 6.41. The Labute approximate surface area is 132 Å². The van der Waals surface area contributed by atoms with Crippen molar-refractivity contribution in [2.24, 2.45) is 0 Å². The third-order valence-corrected chi connectivity index (χ3v) is 4.75. The van der Waals surface area contributed by atoms with Gasteiger partial charge < -0.3 is 5.32 Å². The van der Waals surface area contributed by atoms with Gasteiger partial charge in [-0.1, -0.05) is 48.0 Å². The van der Waals surface area contributed by atoms with Crippen LogP contribution in [0.4, 0.5) is 0 Å². The Balaban J connectivity index is 1.66. The molecule has 0 aliphatic heterocycles. The number of halogens is 1. The van der Waals surface area contributed by atoms with Gasteiger partial charge in [0.2, 0.25) is 0 Å². The van der Waals surface area contributed by atoms with Crippen LogP contribution in [0.1, 0.15) is 48.4 Å². The van der Waals surface area contributed by atoms with E-state index in [0.717, 1.165) is 11.6 Å². The number of benzene rings is 2. The highest BCUT2D eigenvalue weighted by molar-refractivity contribution is 6.30. The molecule has 21 heavy (non-hydrogen) atoms. The molecule has 1 aliphatic carbocycles. The van der Waals surface area contributed by atoms with Crippen molar-refractivity contribution in [1.82, 2.24) is 5.32 Å². The molecule has 0 radical (unpaired) electrons. The minimum atomic E-state index is 0.331. The Morgan fingerprint density at radius 1 is 1.19 bits per heavy atom. The number of aryl methyl sites for hydroxylation is 1. The lowest BCUT2D eigenvalue weighted by molar-refractivity contribution is 0.473. The van der Waals surface area contributed by atoms with Gasteiger partial charge in [0, 0.05) is 17.6 Å². The van der Waals surface area contributed by atoms with E-state index < -0.39 is 0 Å². The third-order valence-electron chi connectivity index (χ3n) is 4.51. The van der Waals surface area contributed by atoms with Gasteiger partial charge in [-0.25, -0.2) is 0 Å². The molecule has 2 heteroatoms. The van der Waals surface area contributed by atoms with Gasteiger partial charge >= 0.3 is 0 Å². The molecule has 2 atom stereocenters. The van der Waals surface area contributed by atoms with E-state index in [9.17, 15) is 0 Å². The molecule has 0 heterocycles. The summed E-state index contributed by atoms with van der Waals surface area (Å²) in [5.74, 6) is 0.636. The molecule has 3 rings (SSSR count). The summed E-state index contributed by atoms with van der Waals surface area (Å²) in [6, 6.07) is 17.4. The second kappa shape index (κ2) is 6.64. The van der Waals surface area contributed by atoms with Gasteiger partial charge in [0.1, 0.15) is 0 Å². The van der Waals surface area contributed by atoms with Gasteiger partial charge in [0.25, 0.3) is 0 Å². The normalized spacial score (nSPS) is 19.0. The van der Waals surface area contributed by atoms with E-state index in [1.807, 2.05) is 18.2 Å². The summed E-state index contributed by atoms with van der Waals surface area (Å²) in [6.45, 7) is 3.24. The molecular weight excluding hydrogens is 278 g/mol. The van der Waals surface area contributed by atoms with Crippen LogP contribution in [-0.4, -0.2) is 6.54 Å². The molecule has 2 aromatic rings. The van der Waals surface area contributed by atoms with Crippen molar-refractivity contribution in [3.05, 3.63) is 70.2 Å². The molecule has 0 saturated carbocycles. The van der Waals surface area contributed by atoms with Crippen molar-refractivity contribution < 1.29 is 0 Å². The Hall–Kier alpha value is -1.31. The molecule has 2 aromatic carbocycles. The van der Waals surface area contributed by atoms with Crippen LogP contribution in [-0.2, 0) is 6.42 Å². The summed E-state index contributed by atoms with van der Waals surface area (Å²) >= 11 is 6.08. The first-order chi connectivity index (χ1) is 10.2. The Morgan fingerprint density at radius 3 is 2.90 bits per heavy atom. The summed E-state index contributed by atoms with van der Waals surface area (Å²) in [5, 5.41) is 4.49. The summed E-state index contributed by atoms with van der Waals surface area (Å²) in [5.41, 5.74) is 4.33. The quantitative estimate of drug-likeness (QED) is 0.827. The zero-order valence-corrected chi connectivity index (χ0v) is 13.2. The molecule has 0 amide bonds. The van der Waals surface area contributed by atoms with Crippen molar-refractivity contribution in [2.75, 3.05) is 6.54 Å². The average Bonchev–Trinajstić information content (AvgIpc) is 2.52. The molecule has 110 valence electrons. The van der Waals surface area contributed by atoms with E-state index >= 15 is 0 Å². The Morgan fingerprint density at radius 2 is 2.05 bits per heavy atom. The number of hydrogen-bond acceptors (Lipinski definition) is 1. The highest BCUT2D eigenvalue weighted by Gasteiger charge is 2.20. The predicted molar refractivity (Wildman–Crippen MR) is 90.0 cm³/mol.